The zero-order chi connectivity index (χ0) is 27.4. The number of nitrogens with zero attached hydrogens (tertiary/aromatic N) is 2. The molecule has 1 saturated heterocycles. The summed E-state index contributed by atoms with van der Waals surface area (Å²) in [5.74, 6) is -0.154. The van der Waals surface area contributed by atoms with Crippen LogP contribution in [-0.4, -0.2) is 34.9 Å². The number of amides is 1. The summed E-state index contributed by atoms with van der Waals surface area (Å²) in [5, 5.41) is 3.87. The third kappa shape index (κ3) is 5.89. The first-order chi connectivity index (χ1) is 19.0. The van der Waals surface area contributed by atoms with Crippen molar-refractivity contribution in [2.75, 3.05) is 13.1 Å². The lowest BCUT2D eigenvalue weighted by Crippen LogP contribution is -2.39. The fraction of sp³-hybridized carbons (Fsp3) is 0.353. The van der Waals surface area contributed by atoms with Crippen molar-refractivity contribution in [3.63, 3.8) is 0 Å². The van der Waals surface area contributed by atoms with Crippen molar-refractivity contribution in [3.8, 4) is 11.3 Å². The van der Waals surface area contributed by atoms with E-state index in [1.807, 2.05) is 66.7 Å². The number of carbonyl (C=O) groups is 1. The minimum atomic E-state index is -0.411. The lowest BCUT2D eigenvalue weighted by Gasteiger charge is -2.35. The Hall–Kier alpha value is -3.57. The number of aromatic nitrogens is 1. The van der Waals surface area contributed by atoms with Gasteiger partial charge in [0.05, 0.1) is 17.3 Å². The zero-order valence-electron chi connectivity index (χ0n) is 23.2. The molecular weight excluding hydrogens is 485 g/mol. The summed E-state index contributed by atoms with van der Waals surface area (Å²) >= 11 is 0. The second-order valence-corrected chi connectivity index (χ2v) is 10.9. The Balaban J connectivity index is 1.63. The Bertz CT molecular complexity index is 1410. The standard InChI is InChI=1S/C34H38FN3O/c1-4-30(25-12-7-5-8-13-25)36-34(39)31-27-16-11-17-29(35)33(27)37-32(26-14-9-6-10-15-26)28(31)22-24-18-20-38(21-19-24)23(2)3/h5-17,23-24,30H,4,18-22H2,1-3H3,(H,36,39). The normalized spacial score (nSPS) is 15.5. The number of rotatable bonds is 8. The topological polar surface area (TPSA) is 45.2 Å². The SMILES string of the molecule is CCC(NC(=O)c1c(CC2CCN(C(C)C)CC2)c(-c2ccccc2)nc2c(F)cccc12)c1ccccc1. The van der Waals surface area contributed by atoms with Crippen LogP contribution in [0.4, 0.5) is 4.39 Å². The Morgan fingerprint density at radius 3 is 2.28 bits per heavy atom. The summed E-state index contributed by atoms with van der Waals surface area (Å²) in [6.45, 7) is 8.66. The number of nitrogens with one attached hydrogen (secondary N) is 1. The molecule has 1 amide bonds. The zero-order valence-corrected chi connectivity index (χ0v) is 23.2. The van der Waals surface area contributed by atoms with Gasteiger partial charge in [0.1, 0.15) is 11.3 Å². The maximum atomic E-state index is 15.2. The smallest absolute Gasteiger partial charge is 0.252 e. The van der Waals surface area contributed by atoms with Gasteiger partial charge < -0.3 is 10.2 Å². The van der Waals surface area contributed by atoms with Crippen molar-refractivity contribution in [2.24, 2.45) is 5.92 Å². The van der Waals surface area contributed by atoms with Crippen LogP contribution in [0.1, 0.15) is 67.6 Å². The van der Waals surface area contributed by atoms with Gasteiger partial charge in [-0.15, -0.1) is 0 Å². The number of piperidine rings is 1. The highest BCUT2D eigenvalue weighted by molar-refractivity contribution is 6.09. The molecule has 39 heavy (non-hydrogen) atoms. The largest absolute Gasteiger partial charge is 0.345 e. The van der Waals surface area contributed by atoms with Gasteiger partial charge in [0.2, 0.25) is 0 Å². The van der Waals surface area contributed by atoms with Gasteiger partial charge in [-0.05, 0) is 75.7 Å². The molecule has 1 atom stereocenters. The van der Waals surface area contributed by atoms with Crippen LogP contribution < -0.4 is 5.32 Å². The Labute approximate surface area is 231 Å². The van der Waals surface area contributed by atoms with E-state index in [1.165, 1.54) is 6.07 Å². The van der Waals surface area contributed by atoms with E-state index in [0.717, 1.165) is 55.5 Å². The van der Waals surface area contributed by atoms with Gasteiger partial charge in [-0.1, -0.05) is 79.7 Å². The van der Waals surface area contributed by atoms with Crippen molar-refractivity contribution in [1.82, 2.24) is 15.2 Å². The van der Waals surface area contributed by atoms with Crippen LogP contribution in [0.25, 0.3) is 22.2 Å². The molecule has 1 unspecified atom stereocenters. The highest BCUT2D eigenvalue weighted by Gasteiger charge is 2.28. The van der Waals surface area contributed by atoms with E-state index in [2.05, 4.69) is 31.0 Å². The molecular formula is C34H38FN3O. The van der Waals surface area contributed by atoms with E-state index in [4.69, 9.17) is 4.98 Å². The number of halogens is 1. The molecule has 5 heteroatoms. The minimum absolute atomic E-state index is 0.141. The van der Waals surface area contributed by atoms with Gasteiger partial charge in [0, 0.05) is 17.0 Å². The molecule has 1 fully saturated rings. The minimum Gasteiger partial charge on any atom is -0.345 e. The molecule has 4 aromatic rings. The number of fused-ring (bicyclic) bond motifs is 1. The average Bonchev–Trinajstić information content (AvgIpc) is 2.97. The second kappa shape index (κ2) is 12.1. The van der Waals surface area contributed by atoms with Crippen LogP contribution in [0.3, 0.4) is 0 Å². The first kappa shape index (κ1) is 27.0. The first-order valence-corrected chi connectivity index (χ1v) is 14.2. The third-order valence-electron chi connectivity index (χ3n) is 8.13. The summed E-state index contributed by atoms with van der Waals surface area (Å²) in [5.41, 5.74) is 4.39. The number of likely N-dealkylation sites (tertiary alicyclic amines) is 1. The molecule has 5 rings (SSSR count). The maximum Gasteiger partial charge on any atom is 0.252 e. The third-order valence-corrected chi connectivity index (χ3v) is 8.13. The second-order valence-electron chi connectivity index (χ2n) is 10.9. The van der Waals surface area contributed by atoms with E-state index in [0.29, 0.717) is 28.6 Å². The van der Waals surface area contributed by atoms with Crippen LogP contribution in [0.2, 0.25) is 0 Å². The average molecular weight is 524 g/mol. The predicted octanol–water partition coefficient (Wildman–Crippen LogP) is 7.58. The predicted molar refractivity (Wildman–Crippen MR) is 157 cm³/mol. The summed E-state index contributed by atoms with van der Waals surface area (Å²) in [4.78, 5) is 21.6. The van der Waals surface area contributed by atoms with Crippen LogP contribution in [0.15, 0.2) is 78.9 Å². The number of carbonyl (C=O) groups excluding carboxylic acids is 1. The van der Waals surface area contributed by atoms with E-state index in [1.54, 1.807) is 6.07 Å². The summed E-state index contributed by atoms with van der Waals surface area (Å²) in [6.07, 6.45) is 3.62. The number of hydrogen-bond acceptors (Lipinski definition) is 3. The molecule has 0 bridgehead atoms. The van der Waals surface area contributed by atoms with Gasteiger partial charge in [-0.2, -0.15) is 0 Å². The van der Waals surface area contributed by atoms with Gasteiger partial charge in [-0.25, -0.2) is 9.37 Å². The van der Waals surface area contributed by atoms with E-state index in [9.17, 15) is 4.79 Å². The van der Waals surface area contributed by atoms with Gasteiger partial charge in [0.25, 0.3) is 5.91 Å². The van der Waals surface area contributed by atoms with Gasteiger partial charge >= 0.3 is 0 Å². The molecule has 1 N–H and O–H groups in total. The molecule has 1 aliphatic heterocycles. The number of para-hydroxylation sites is 1. The van der Waals surface area contributed by atoms with Crippen LogP contribution in [0.5, 0.6) is 0 Å². The summed E-state index contributed by atoms with van der Waals surface area (Å²) < 4.78 is 15.2. The molecule has 1 aliphatic rings. The molecule has 1 aromatic heterocycles. The monoisotopic (exact) mass is 523 g/mol. The first-order valence-electron chi connectivity index (χ1n) is 14.2. The Morgan fingerprint density at radius 2 is 1.64 bits per heavy atom. The molecule has 0 radical (unpaired) electrons. The fourth-order valence-corrected chi connectivity index (χ4v) is 5.88. The molecule has 3 aromatic carbocycles. The van der Waals surface area contributed by atoms with Crippen molar-refractivity contribution in [3.05, 3.63) is 101 Å². The quantitative estimate of drug-likeness (QED) is 0.259. The van der Waals surface area contributed by atoms with Crippen LogP contribution in [-0.2, 0) is 6.42 Å². The molecule has 0 saturated carbocycles. The maximum absolute atomic E-state index is 15.2. The van der Waals surface area contributed by atoms with E-state index in [-0.39, 0.29) is 17.5 Å². The highest BCUT2D eigenvalue weighted by Crippen LogP contribution is 2.35. The van der Waals surface area contributed by atoms with Gasteiger partial charge in [0.15, 0.2) is 0 Å². The van der Waals surface area contributed by atoms with Crippen molar-refractivity contribution >= 4 is 16.8 Å². The van der Waals surface area contributed by atoms with Crippen LogP contribution >= 0.6 is 0 Å². The highest BCUT2D eigenvalue weighted by atomic mass is 19.1. The molecule has 202 valence electrons. The number of benzene rings is 3. The Morgan fingerprint density at radius 1 is 0.974 bits per heavy atom. The molecule has 2 heterocycles. The fourth-order valence-electron chi connectivity index (χ4n) is 5.88. The number of pyridine rings is 1. The van der Waals surface area contributed by atoms with E-state index < -0.39 is 5.82 Å². The lowest BCUT2D eigenvalue weighted by molar-refractivity contribution is 0.0935. The molecule has 4 nitrogen and oxygen atoms in total. The lowest BCUT2D eigenvalue weighted by atomic mass is 9.84. The summed E-state index contributed by atoms with van der Waals surface area (Å²) in [7, 11) is 0. The molecule has 0 aliphatic carbocycles. The molecule has 0 spiro atoms. The van der Waals surface area contributed by atoms with Crippen molar-refractivity contribution < 1.29 is 9.18 Å². The summed E-state index contributed by atoms with van der Waals surface area (Å²) in [6, 6.07) is 25.3. The van der Waals surface area contributed by atoms with Gasteiger partial charge in [-0.3, -0.25) is 4.79 Å². The van der Waals surface area contributed by atoms with E-state index >= 15 is 4.39 Å². The Kier molecular flexibility index (Phi) is 8.37. The van der Waals surface area contributed by atoms with Crippen molar-refractivity contribution in [1.29, 1.82) is 0 Å². The van der Waals surface area contributed by atoms with Crippen molar-refractivity contribution in [2.45, 2.75) is 58.5 Å². The van der Waals surface area contributed by atoms with Crippen LogP contribution in [0, 0.1) is 11.7 Å². The number of hydrogen-bond donors (Lipinski definition) is 1.